The third-order valence-electron chi connectivity index (χ3n) is 8.91. The molecule has 0 saturated carbocycles. The highest BCUT2D eigenvalue weighted by Gasteiger charge is 2.33. The fourth-order valence-corrected chi connectivity index (χ4v) is 11.8. The van der Waals surface area contributed by atoms with Gasteiger partial charge in [-0.3, -0.25) is 27.9 Å². The van der Waals surface area contributed by atoms with Crippen molar-refractivity contribution < 1.29 is 4.42 Å². The van der Waals surface area contributed by atoms with Gasteiger partial charge in [0.15, 0.2) is 5.58 Å². The summed E-state index contributed by atoms with van der Waals surface area (Å²) in [7, 11) is -6.90. The van der Waals surface area contributed by atoms with E-state index >= 15 is 0 Å². The van der Waals surface area contributed by atoms with Gasteiger partial charge >= 0.3 is 0 Å². The summed E-state index contributed by atoms with van der Waals surface area (Å²) in [4.78, 5) is 7.13. The second kappa shape index (κ2) is 10.4. The maximum atomic E-state index is 6.28. The molecule has 240 valence electrons. The van der Waals surface area contributed by atoms with Crippen molar-refractivity contribution in [1.82, 2.24) is 4.98 Å². The minimum Gasteiger partial charge on any atom is -0.436 e. The van der Waals surface area contributed by atoms with E-state index in [0.29, 0.717) is 5.89 Å². The van der Waals surface area contributed by atoms with Gasteiger partial charge in [0, 0.05) is 5.56 Å². The van der Waals surface area contributed by atoms with Crippen LogP contribution < -0.4 is 37.0 Å². The Morgan fingerprint density at radius 1 is 0.469 bits per heavy atom. The summed E-state index contributed by atoms with van der Waals surface area (Å²) in [5.74, 6) is 0.540. The van der Waals surface area contributed by atoms with E-state index in [1.165, 1.54) is 0 Å². The van der Waals surface area contributed by atoms with Crippen molar-refractivity contribution in [2.24, 2.45) is 27.9 Å². The third kappa shape index (κ3) is 4.97. The molecule has 3 aliphatic heterocycles. The number of oxazole rings is 1. The van der Waals surface area contributed by atoms with Gasteiger partial charge in [0.05, 0.1) is 54.8 Å². The highest BCUT2D eigenvalue weighted by atomic mass is 28.4. The number of hydrogen-bond acceptors (Lipinski definition) is 9. The molecule has 0 aliphatic carbocycles. The molecule has 6 aromatic rings. The predicted molar refractivity (Wildman–Crippen MR) is 199 cm³/mol. The molecule has 3 aliphatic rings. The van der Waals surface area contributed by atoms with Crippen LogP contribution in [0.5, 0.6) is 0 Å². The summed E-state index contributed by atoms with van der Waals surface area (Å²) in [6, 6.07) is 33.1. The molecule has 0 spiro atoms. The molecule has 1 aromatic heterocycles. The fourth-order valence-electron chi connectivity index (χ4n) is 6.99. The Kier molecular flexibility index (Phi) is 6.36. The van der Waals surface area contributed by atoms with Gasteiger partial charge in [-0.1, -0.05) is 54.6 Å². The molecular formula is C37H34N8OSi3. The van der Waals surface area contributed by atoms with Crippen LogP contribution in [0.15, 0.2) is 129 Å². The van der Waals surface area contributed by atoms with Crippen molar-refractivity contribution in [3.63, 3.8) is 0 Å². The molecule has 0 N–H and O–H groups in total. The van der Waals surface area contributed by atoms with Gasteiger partial charge in [0.25, 0.3) is 25.2 Å². The van der Waals surface area contributed by atoms with E-state index < -0.39 is 25.2 Å². The normalized spacial score (nSPS) is 17.0. The van der Waals surface area contributed by atoms with Gasteiger partial charge < -0.3 is 9.32 Å². The first-order chi connectivity index (χ1) is 23.5. The number of fused-ring (bicyclic) bond motifs is 4. The Morgan fingerprint density at radius 3 is 1.71 bits per heavy atom. The van der Waals surface area contributed by atoms with Crippen LogP contribution in [-0.2, 0) is 0 Å². The maximum Gasteiger partial charge on any atom is 0.298 e. The van der Waals surface area contributed by atoms with Gasteiger partial charge in [-0.25, -0.2) is 4.98 Å². The van der Waals surface area contributed by atoms with E-state index in [1.54, 1.807) is 0 Å². The summed E-state index contributed by atoms with van der Waals surface area (Å²) in [5, 5.41) is 5.28. The van der Waals surface area contributed by atoms with Crippen LogP contribution in [0.3, 0.4) is 0 Å². The molecule has 0 saturated heterocycles. The van der Waals surface area contributed by atoms with Crippen molar-refractivity contribution in [2.45, 2.75) is 39.3 Å². The quantitative estimate of drug-likeness (QED) is 0.224. The van der Waals surface area contributed by atoms with E-state index in [2.05, 4.69) is 111 Å². The molecule has 5 aromatic carbocycles. The first-order valence-corrected chi connectivity index (χ1v) is 25.2. The second-order valence-corrected chi connectivity index (χ2v) is 24.5. The maximum absolute atomic E-state index is 6.28. The smallest absolute Gasteiger partial charge is 0.298 e. The molecular weight excluding hydrogens is 657 g/mol. The third-order valence-corrected chi connectivity index (χ3v) is 13.5. The van der Waals surface area contributed by atoms with Gasteiger partial charge in [-0.05, 0) is 87.3 Å². The summed E-state index contributed by atoms with van der Waals surface area (Å²) in [6.45, 7) is 13.0. The largest absolute Gasteiger partial charge is 0.436 e. The Balaban J connectivity index is 1.37. The number of benzene rings is 5. The monoisotopic (exact) mass is 690 g/mol. The van der Waals surface area contributed by atoms with Crippen molar-refractivity contribution >= 4 is 53.4 Å². The van der Waals surface area contributed by atoms with Gasteiger partial charge in [-0.15, -0.1) is 0 Å². The summed E-state index contributed by atoms with van der Waals surface area (Å²) in [5.41, 5.74) is 7.37. The minimum absolute atomic E-state index is 0.540. The first kappa shape index (κ1) is 29.9. The van der Waals surface area contributed by atoms with E-state index in [1.807, 2.05) is 30.3 Å². The second-order valence-electron chi connectivity index (χ2n) is 14.1. The average molecular weight is 691 g/mol. The van der Waals surface area contributed by atoms with Crippen molar-refractivity contribution in [2.75, 3.05) is 4.90 Å². The van der Waals surface area contributed by atoms with Crippen molar-refractivity contribution in [1.29, 1.82) is 0 Å². The fraction of sp³-hybridized carbons (Fsp3) is 0.162. The molecule has 12 heteroatoms. The topological polar surface area (TPSA) is 103 Å². The minimum atomic E-state index is -2.38. The summed E-state index contributed by atoms with van der Waals surface area (Å²) < 4.78 is 38.0. The standard InChI is InChI=1S/C37H34N8OSi3/c1-47(2)39-27-16-12-17-28(34(27)42-47)45(29-21-19-24(23-13-8-7-9-14-23)32-35(29)43-48(3,4)40-32)30-22-20-25(33-36(30)44-49(5,6)41-33)37-38-26-15-10-11-18-31(26)46-37/h7-22H,1-6H3. The highest BCUT2D eigenvalue weighted by Crippen LogP contribution is 2.32. The Morgan fingerprint density at radius 2 is 1.02 bits per heavy atom. The lowest BCUT2D eigenvalue weighted by Crippen LogP contribution is -2.38. The molecule has 0 fully saturated rings. The van der Waals surface area contributed by atoms with E-state index in [4.69, 9.17) is 37.3 Å². The number of nitrogens with zero attached hydrogens (tertiary/aromatic N) is 8. The van der Waals surface area contributed by atoms with Crippen LogP contribution in [0.2, 0.25) is 39.3 Å². The first-order valence-electron chi connectivity index (χ1n) is 16.5. The van der Waals surface area contributed by atoms with Gasteiger partial charge in [0.1, 0.15) is 5.52 Å². The van der Waals surface area contributed by atoms with Gasteiger partial charge in [-0.2, -0.15) is 0 Å². The highest BCUT2D eigenvalue weighted by molar-refractivity contribution is 6.75. The number of hydrogen-bond donors (Lipinski definition) is 0. The molecule has 9 rings (SSSR count). The van der Waals surface area contributed by atoms with Crippen molar-refractivity contribution in [3.05, 3.63) is 129 Å². The lowest BCUT2D eigenvalue weighted by molar-refractivity contribution is 0.619. The molecule has 4 heterocycles. The molecule has 0 unspecified atom stereocenters. The average Bonchev–Trinajstić information content (AvgIpc) is 3.80. The zero-order valence-corrected chi connectivity index (χ0v) is 31.2. The lowest BCUT2D eigenvalue weighted by atomic mass is 10.0. The number of rotatable bonds is 5. The zero-order chi connectivity index (χ0) is 33.7. The van der Waals surface area contributed by atoms with Crippen LogP contribution in [0.1, 0.15) is 0 Å². The zero-order valence-electron chi connectivity index (χ0n) is 28.2. The van der Waals surface area contributed by atoms with Crippen LogP contribution in [0.25, 0.3) is 33.7 Å². The van der Waals surface area contributed by atoms with Crippen LogP contribution >= 0.6 is 0 Å². The van der Waals surface area contributed by atoms with Crippen LogP contribution in [0, 0.1) is 0 Å². The molecule has 49 heavy (non-hydrogen) atoms. The lowest BCUT2D eigenvalue weighted by Gasteiger charge is -2.26. The van der Waals surface area contributed by atoms with Crippen LogP contribution in [-0.4, -0.2) is 30.2 Å². The van der Waals surface area contributed by atoms with E-state index in [9.17, 15) is 0 Å². The summed E-state index contributed by atoms with van der Waals surface area (Å²) >= 11 is 0. The Bertz CT molecular complexity index is 2750. The molecule has 0 atom stereocenters. The van der Waals surface area contributed by atoms with Crippen molar-refractivity contribution in [3.8, 4) is 22.6 Å². The Hall–Kier alpha value is -5.18. The molecule has 0 amide bonds. The van der Waals surface area contributed by atoms with Gasteiger partial charge in [0.2, 0.25) is 5.89 Å². The molecule has 0 radical (unpaired) electrons. The predicted octanol–water partition coefficient (Wildman–Crippen LogP) is 5.50. The molecule has 0 bridgehead atoms. The SMILES string of the molecule is C[Si]1(C)N=c2cccc(N(c3ccc(-c4ccccc4)c4c3=N[Si](C)(C)N=4)c3ccc(-c4nc5ccccc5o4)c4c3=N[Si](C)(C)N=4)c2=N1. The Labute approximate surface area is 285 Å². The molecule has 9 nitrogen and oxygen atoms in total. The van der Waals surface area contributed by atoms with Crippen LogP contribution in [0.4, 0.5) is 17.1 Å². The number of aromatic nitrogens is 1. The summed E-state index contributed by atoms with van der Waals surface area (Å²) in [6.07, 6.45) is 0. The van der Waals surface area contributed by atoms with E-state index in [0.717, 1.165) is 77.0 Å². The number of anilines is 3. The number of para-hydroxylation sites is 2. The van der Waals surface area contributed by atoms with E-state index in [-0.39, 0.29) is 0 Å².